The van der Waals surface area contributed by atoms with Crippen molar-refractivity contribution >= 4 is 17.6 Å². The number of likely N-dealkylation sites (N-methyl/N-ethyl adjacent to an activating group) is 1. The Balaban J connectivity index is 2.57. The second kappa shape index (κ2) is 6.78. The van der Waals surface area contributed by atoms with Gasteiger partial charge in [-0.05, 0) is 30.5 Å². The third-order valence-electron chi connectivity index (χ3n) is 3.11. The predicted molar refractivity (Wildman–Crippen MR) is 73.7 cm³/mol. The molecule has 0 bridgehead atoms. The third-order valence-corrected chi connectivity index (χ3v) is 3.11. The third kappa shape index (κ3) is 4.28. The summed E-state index contributed by atoms with van der Waals surface area (Å²) in [6, 6.07) is 6.59. The Bertz CT molecular complexity index is 460. The van der Waals surface area contributed by atoms with Crippen molar-refractivity contribution < 1.29 is 14.7 Å². The molecule has 0 spiro atoms. The Morgan fingerprint density at radius 1 is 1.42 bits per heavy atom. The lowest BCUT2D eigenvalue weighted by Crippen LogP contribution is -2.42. The number of nitrogens with two attached hydrogens (primary N) is 1. The highest BCUT2D eigenvalue weighted by atomic mass is 16.4. The van der Waals surface area contributed by atoms with Crippen molar-refractivity contribution in [2.24, 2.45) is 0 Å². The van der Waals surface area contributed by atoms with E-state index >= 15 is 0 Å². The topological polar surface area (TPSA) is 83.6 Å². The quantitative estimate of drug-likeness (QED) is 0.763. The molecule has 0 saturated heterocycles. The molecule has 1 amide bonds. The molecule has 1 aromatic carbocycles. The Labute approximate surface area is 113 Å². The molecule has 1 atom stereocenters. The molecule has 0 aromatic heterocycles. The maximum atomic E-state index is 11.9. The highest BCUT2D eigenvalue weighted by Crippen LogP contribution is 2.11. The number of carboxylic acid groups (broad SMARTS) is 1. The van der Waals surface area contributed by atoms with E-state index in [2.05, 4.69) is 0 Å². The lowest BCUT2D eigenvalue weighted by Gasteiger charge is -2.23. The first-order valence-corrected chi connectivity index (χ1v) is 6.28. The van der Waals surface area contributed by atoms with Gasteiger partial charge < -0.3 is 15.7 Å². The fourth-order valence-electron chi connectivity index (χ4n) is 1.96. The number of rotatable bonds is 6. The van der Waals surface area contributed by atoms with E-state index in [1.807, 2.05) is 18.2 Å². The number of hydrogen-bond donors (Lipinski definition) is 2. The zero-order chi connectivity index (χ0) is 14.4. The maximum Gasteiger partial charge on any atom is 0.326 e. The Kier molecular flexibility index (Phi) is 5.36. The molecule has 104 valence electrons. The van der Waals surface area contributed by atoms with Gasteiger partial charge in [0.05, 0.1) is 0 Å². The Morgan fingerprint density at radius 3 is 2.63 bits per heavy atom. The lowest BCUT2D eigenvalue weighted by atomic mass is 10.1. The molecule has 0 aliphatic rings. The number of carboxylic acids is 1. The van der Waals surface area contributed by atoms with Gasteiger partial charge in [0.25, 0.3) is 0 Å². The minimum atomic E-state index is -0.970. The average molecular weight is 264 g/mol. The van der Waals surface area contributed by atoms with Gasteiger partial charge in [0.1, 0.15) is 6.04 Å². The summed E-state index contributed by atoms with van der Waals surface area (Å²) in [7, 11) is 1.53. The van der Waals surface area contributed by atoms with Gasteiger partial charge in [-0.25, -0.2) is 4.79 Å². The van der Waals surface area contributed by atoms with Crippen LogP contribution in [0.2, 0.25) is 0 Å². The summed E-state index contributed by atoms with van der Waals surface area (Å²) in [6.07, 6.45) is 1.24. The fourth-order valence-corrected chi connectivity index (χ4v) is 1.96. The highest BCUT2D eigenvalue weighted by Gasteiger charge is 2.24. The second-order valence-electron chi connectivity index (χ2n) is 4.51. The summed E-state index contributed by atoms with van der Waals surface area (Å²) in [5.74, 6) is -1.14. The molecule has 0 aliphatic heterocycles. The van der Waals surface area contributed by atoms with E-state index in [0.29, 0.717) is 18.5 Å². The summed E-state index contributed by atoms with van der Waals surface area (Å²) < 4.78 is 0. The van der Waals surface area contributed by atoms with Crippen molar-refractivity contribution in [1.29, 1.82) is 0 Å². The first-order chi connectivity index (χ1) is 8.95. The van der Waals surface area contributed by atoms with Crippen LogP contribution in [0.1, 0.15) is 25.3 Å². The van der Waals surface area contributed by atoms with E-state index < -0.39 is 12.0 Å². The van der Waals surface area contributed by atoms with Crippen LogP contribution in [0.15, 0.2) is 24.3 Å². The van der Waals surface area contributed by atoms with E-state index in [1.54, 1.807) is 13.0 Å². The van der Waals surface area contributed by atoms with Crippen LogP contribution in [0.4, 0.5) is 5.69 Å². The van der Waals surface area contributed by atoms with Crippen molar-refractivity contribution in [3.8, 4) is 0 Å². The molecule has 0 radical (unpaired) electrons. The zero-order valence-electron chi connectivity index (χ0n) is 11.3. The number of anilines is 1. The number of nitrogens with zero attached hydrogens (tertiary/aromatic N) is 1. The van der Waals surface area contributed by atoms with E-state index in [-0.39, 0.29) is 12.3 Å². The molecular formula is C14H20N2O3. The van der Waals surface area contributed by atoms with E-state index in [4.69, 9.17) is 10.8 Å². The van der Waals surface area contributed by atoms with Crippen LogP contribution >= 0.6 is 0 Å². The molecule has 0 fully saturated rings. The van der Waals surface area contributed by atoms with Gasteiger partial charge in [0.15, 0.2) is 0 Å². The molecule has 0 aliphatic carbocycles. The first kappa shape index (κ1) is 15.0. The van der Waals surface area contributed by atoms with Crippen LogP contribution in [0, 0.1) is 0 Å². The number of carbonyl (C=O) groups excluding carboxylic acids is 1. The van der Waals surface area contributed by atoms with Crippen molar-refractivity contribution in [3.05, 3.63) is 29.8 Å². The summed E-state index contributed by atoms with van der Waals surface area (Å²) in [5.41, 5.74) is 7.30. The van der Waals surface area contributed by atoms with E-state index in [1.165, 1.54) is 11.9 Å². The van der Waals surface area contributed by atoms with Gasteiger partial charge in [0.2, 0.25) is 5.91 Å². The SMILES string of the molecule is CCC(C(=O)O)N(C)C(=O)CCc1cccc(N)c1. The van der Waals surface area contributed by atoms with Crippen LogP contribution in [-0.4, -0.2) is 35.0 Å². The molecule has 3 N–H and O–H groups in total. The van der Waals surface area contributed by atoms with Crippen molar-refractivity contribution in [1.82, 2.24) is 4.90 Å². The smallest absolute Gasteiger partial charge is 0.326 e. The van der Waals surface area contributed by atoms with Crippen LogP contribution < -0.4 is 5.73 Å². The number of aryl methyl sites for hydroxylation is 1. The normalized spacial score (nSPS) is 11.9. The number of carbonyl (C=O) groups is 2. The van der Waals surface area contributed by atoms with Gasteiger partial charge in [-0.2, -0.15) is 0 Å². The van der Waals surface area contributed by atoms with Gasteiger partial charge >= 0.3 is 5.97 Å². The zero-order valence-corrected chi connectivity index (χ0v) is 11.3. The molecular weight excluding hydrogens is 244 g/mol. The summed E-state index contributed by atoms with van der Waals surface area (Å²) in [5, 5.41) is 9.00. The monoisotopic (exact) mass is 264 g/mol. The fraction of sp³-hybridized carbons (Fsp3) is 0.429. The van der Waals surface area contributed by atoms with Crippen LogP contribution in [0.25, 0.3) is 0 Å². The van der Waals surface area contributed by atoms with Crippen molar-refractivity contribution in [3.63, 3.8) is 0 Å². The summed E-state index contributed by atoms with van der Waals surface area (Å²) >= 11 is 0. The number of amides is 1. The lowest BCUT2D eigenvalue weighted by molar-refractivity contribution is -0.149. The van der Waals surface area contributed by atoms with Gasteiger partial charge in [-0.15, -0.1) is 0 Å². The minimum Gasteiger partial charge on any atom is -0.480 e. The number of aliphatic carboxylic acids is 1. The summed E-state index contributed by atoms with van der Waals surface area (Å²) in [6.45, 7) is 1.75. The highest BCUT2D eigenvalue weighted by molar-refractivity contribution is 5.83. The summed E-state index contributed by atoms with van der Waals surface area (Å²) in [4.78, 5) is 24.2. The van der Waals surface area contributed by atoms with Gasteiger partial charge in [0, 0.05) is 19.2 Å². The first-order valence-electron chi connectivity index (χ1n) is 6.28. The molecule has 1 aromatic rings. The molecule has 1 rings (SSSR count). The Hall–Kier alpha value is -2.04. The Morgan fingerprint density at radius 2 is 2.11 bits per heavy atom. The van der Waals surface area contributed by atoms with Crippen LogP contribution in [-0.2, 0) is 16.0 Å². The van der Waals surface area contributed by atoms with E-state index in [9.17, 15) is 9.59 Å². The predicted octanol–water partition coefficient (Wildman–Crippen LogP) is 1.52. The number of hydrogen-bond acceptors (Lipinski definition) is 3. The average Bonchev–Trinajstić information content (AvgIpc) is 2.36. The molecule has 19 heavy (non-hydrogen) atoms. The minimum absolute atomic E-state index is 0.170. The number of nitrogen functional groups attached to an aromatic ring is 1. The largest absolute Gasteiger partial charge is 0.480 e. The molecule has 0 heterocycles. The standard InChI is InChI=1S/C14H20N2O3/c1-3-12(14(18)19)16(2)13(17)8-7-10-5-4-6-11(15)9-10/h4-6,9,12H,3,7-8,15H2,1-2H3,(H,18,19). The van der Waals surface area contributed by atoms with E-state index in [0.717, 1.165) is 5.56 Å². The van der Waals surface area contributed by atoms with Gasteiger partial charge in [-0.3, -0.25) is 4.79 Å². The number of benzene rings is 1. The molecule has 5 nitrogen and oxygen atoms in total. The maximum absolute atomic E-state index is 11.9. The molecule has 1 unspecified atom stereocenters. The molecule has 5 heteroatoms. The second-order valence-corrected chi connectivity index (χ2v) is 4.51. The van der Waals surface area contributed by atoms with Crippen molar-refractivity contribution in [2.75, 3.05) is 12.8 Å². The van der Waals surface area contributed by atoms with Crippen LogP contribution in [0.3, 0.4) is 0 Å². The molecule has 0 saturated carbocycles. The van der Waals surface area contributed by atoms with Crippen molar-refractivity contribution in [2.45, 2.75) is 32.2 Å². The van der Waals surface area contributed by atoms with Crippen LogP contribution in [0.5, 0.6) is 0 Å². The van der Waals surface area contributed by atoms with Gasteiger partial charge in [-0.1, -0.05) is 19.1 Å².